The lowest BCUT2D eigenvalue weighted by atomic mass is 10.1. The molecule has 1 aromatic heterocycles. The zero-order valence-corrected chi connectivity index (χ0v) is 10.8. The molecule has 2 heterocycles. The van der Waals surface area contributed by atoms with Gasteiger partial charge >= 0.3 is 0 Å². The molecule has 4 nitrogen and oxygen atoms in total. The summed E-state index contributed by atoms with van der Waals surface area (Å²) < 4.78 is 0. The summed E-state index contributed by atoms with van der Waals surface area (Å²) in [4.78, 5) is 9.15. The molecular formula is C13H22N4. The summed E-state index contributed by atoms with van der Waals surface area (Å²) in [6.45, 7) is 10.1. The highest BCUT2D eigenvalue weighted by Gasteiger charge is 2.21. The van der Waals surface area contributed by atoms with Crippen molar-refractivity contribution in [3.8, 4) is 0 Å². The predicted octanol–water partition coefficient (Wildman–Crippen LogP) is 1.19. The fourth-order valence-electron chi connectivity index (χ4n) is 2.47. The van der Waals surface area contributed by atoms with Crippen LogP contribution in [0.1, 0.15) is 19.4 Å². The number of pyridine rings is 1. The Labute approximate surface area is 103 Å². The van der Waals surface area contributed by atoms with E-state index in [9.17, 15) is 0 Å². The average Bonchev–Trinajstić information content (AvgIpc) is 2.32. The fourth-order valence-corrected chi connectivity index (χ4v) is 2.47. The first kappa shape index (κ1) is 12.3. The Morgan fingerprint density at radius 2 is 2.24 bits per heavy atom. The van der Waals surface area contributed by atoms with E-state index in [2.05, 4.69) is 34.7 Å². The van der Waals surface area contributed by atoms with Gasteiger partial charge in [0.1, 0.15) is 5.82 Å². The van der Waals surface area contributed by atoms with Gasteiger partial charge in [0, 0.05) is 38.4 Å². The van der Waals surface area contributed by atoms with Gasteiger partial charge < -0.3 is 5.73 Å². The lowest BCUT2D eigenvalue weighted by molar-refractivity contribution is 0.0834. The summed E-state index contributed by atoms with van der Waals surface area (Å²) in [6.07, 6.45) is 1.88. The predicted molar refractivity (Wildman–Crippen MR) is 70.6 cm³/mol. The Morgan fingerprint density at radius 3 is 2.82 bits per heavy atom. The summed E-state index contributed by atoms with van der Waals surface area (Å²) in [5, 5.41) is 0. The molecular weight excluding hydrogens is 212 g/mol. The molecule has 1 aliphatic heterocycles. The number of aromatic nitrogens is 1. The van der Waals surface area contributed by atoms with E-state index in [1.54, 1.807) is 0 Å². The Balaban J connectivity index is 1.90. The summed E-state index contributed by atoms with van der Waals surface area (Å²) in [5.74, 6) is 0.595. The Kier molecular flexibility index (Phi) is 3.97. The highest BCUT2D eigenvalue weighted by atomic mass is 15.3. The van der Waals surface area contributed by atoms with Crippen LogP contribution in [0.3, 0.4) is 0 Å². The Morgan fingerprint density at radius 1 is 1.41 bits per heavy atom. The second-order valence-electron chi connectivity index (χ2n) is 4.80. The molecule has 0 unspecified atom stereocenters. The number of nitrogens with zero attached hydrogens (tertiary/aromatic N) is 3. The monoisotopic (exact) mass is 234 g/mol. The number of nitrogens with two attached hydrogens (primary N) is 1. The van der Waals surface area contributed by atoms with Gasteiger partial charge in [0.25, 0.3) is 0 Å². The van der Waals surface area contributed by atoms with Crippen LogP contribution in [0.4, 0.5) is 5.82 Å². The zero-order valence-electron chi connectivity index (χ0n) is 10.8. The van der Waals surface area contributed by atoms with Crippen LogP contribution in [-0.4, -0.2) is 47.0 Å². The van der Waals surface area contributed by atoms with Crippen LogP contribution in [0.25, 0.3) is 0 Å². The molecule has 0 aromatic carbocycles. The van der Waals surface area contributed by atoms with Crippen molar-refractivity contribution >= 4 is 5.82 Å². The number of anilines is 1. The van der Waals surface area contributed by atoms with Crippen LogP contribution < -0.4 is 5.73 Å². The normalized spacial score (nSPS) is 22.8. The van der Waals surface area contributed by atoms with Crippen molar-refractivity contribution in [3.05, 3.63) is 23.9 Å². The first-order valence-electron chi connectivity index (χ1n) is 6.36. The summed E-state index contributed by atoms with van der Waals surface area (Å²) in [6, 6.07) is 4.59. The van der Waals surface area contributed by atoms with Gasteiger partial charge in [-0.3, -0.25) is 9.80 Å². The number of nitrogen functional groups attached to an aromatic ring is 1. The molecule has 0 bridgehead atoms. The maximum atomic E-state index is 5.59. The minimum atomic E-state index is 0.595. The molecule has 1 aromatic rings. The summed E-state index contributed by atoms with van der Waals surface area (Å²) in [5.41, 5.74) is 6.83. The van der Waals surface area contributed by atoms with Crippen LogP contribution in [0.5, 0.6) is 0 Å². The molecule has 0 spiro atoms. The first-order chi connectivity index (χ1) is 8.19. The minimum absolute atomic E-state index is 0.595. The van der Waals surface area contributed by atoms with Crippen molar-refractivity contribution in [2.45, 2.75) is 26.4 Å². The van der Waals surface area contributed by atoms with Crippen molar-refractivity contribution in [2.24, 2.45) is 0 Å². The van der Waals surface area contributed by atoms with E-state index in [-0.39, 0.29) is 0 Å². The third-order valence-electron chi connectivity index (χ3n) is 3.51. The van der Waals surface area contributed by atoms with Crippen molar-refractivity contribution in [3.63, 3.8) is 0 Å². The number of hydrogen-bond acceptors (Lipinski definition) is 4. The van der Waals surface area contributed by atoms with E-state index in [1.807, 2.05) is 12.3 Å². The van der Waals surface area contributed by atoms with Crippen LogP contribution in [0, 0.1) is 0 Å². The van der Waals surface area contributed by atoms with Gasteiger partial charge in [0.15, 0.2) is 0 Å². The lowest BCUT2D eigenvalue weighted by Gasteiger charge is -2.39. The number of hydrogen-bond donors (Lipinski definition) is 1. The molecule has 1 saturated heterocycles. The van der Waals surface area contributed by atoms with Crippen molar-refractivity contribution in [1.29, 1.82) is 0 Å². The molecule has 1 fully saturated rings. The molecule has 1 aliphatic rings. The maximum Gasteiger partial charge on any atom is 0.123 e. The molecule has 0 saturated carbocycles. The van der Waals surface area contributed by atoms with Gasteiger partial charge in [-0.1, -0.05) is 13.0 Å². The van der Waals surface area contributed by atoms with Crippen molar-refractivity contribution in [2.75, 3.05) is 31.9 Å². The highest BCUT2D eigenvalue weighted by molar-refractivity contribution is 5.29. The molecule has 1 atom stereocenters. The number of piperazine rings is 1. The van der Waals surface area contributed by atoms with Crippen LogP contribution in [0.15, 0.2) is 18.3 Å². The molecule has 2 N–H and O–H groups in total. The minimum Gasteiger partial charge on any atom is -0.384 e. The zero-order chi connectivity index (χ0) is 12.3. The second kappa shape index (κ2) is 5.47. The molecule has 2 rings (SSSR count). The highest BCUT2D eigenvalue weighted by Crippen LogP contribution is 2.12. The van der Waals surface area contributed by atoms with Crippen LogP contribution in [0.2, 0.25) is 0 Å². The van der Waals surface area contributed by atoms with E-state index in [0.717, 1.165) is 26.2 Å². The van der Waals surface area contributed by atoms with Gasteiger partial charge in [0.05, 0.1) is 0 Å². The summed E-state index contributed by atoms with van der Waals surface area (Å²) >= 11 is 0. The quantitative estimate of drug-likeness (QED) is 0.853. The average molecular weight is 234 g/mol. The van der Waals surface area contributed by atoms with E-state index < -0.39 is 0 Å². The van der Waals surface area contributed by atoms with Gasteiger partial charge in [-0.05, 0) is 25.1 Å². The van der Waals surface area contributed by atoms with Gasteiger partial charge in [-0.15, -0.1) is 0 Å². The topological polar surface area (TPSA) is 45.4 Å². The maximum absolute atomic E-state index is 5.59. The SMILES string of the molecule is CCN1CCN(Cc2ccc(N)nc2)C[C@H]1C. The Bertz CT molecular complexity index is 349. The molecule has 0 radical (unpaired) electrons. The van der Waals surface area contributed by atoms with E-state index in [4.69, 9.17) is 5.73 Å². The smallest absolute Gasteiger partial charge is 0.123 e. The van der Waals surface area contributed by atoms with Crippen LogP contribution in [-0.2, 0) is 6.54 Å². The van der Waals surface area contributed by atoms with Gasteiger partial charge in [-0.25, -0.2) is 4.98 Å². The lowest BCUT2D eigenvalue weighted by Crippen LogP contribution is -2.51. The summed E-state index contributed by atoms with van der Waals surface area (Å²) in [7, 11) is 0. The van der Waals surface area contributed by atoms with Gasteiger partial charge in [-0.2, -0.15) is 0 Å². The molecule has 0 amide bonds. The van der Waals surface area contributed by atoms with Crippen molar-refractivity contribution in [1.82, 2.24) is 14.8 Å². The third kappa shape index (κ3) is 3.17. The number of rotatable bonds is 3. The molecule has 0 aliphatic carbocycles. The standard InChI is InChI=1S/C13H22N4/c1-3-17-7-6-16(9-11(17)2)10-12-4-5-13(14)15-8-12/h4-5,8,11H,3,6-7,9-10H2,1-2H3,(H2,14,15)/t11-/m1/s1. The van der Waals surface area contributed by atoms with E-state index in [1.165, 1.54) is 12.1 Å². The second-order valence-corrected chi connectivity index (χ2v) is 4.80. The van der Waals surface area contributed by atoms with Crippen LogP contribution >= 0.6 is 0 Å². The fraction of sp³-hybridized carbons (Fsp3) is 0.615. The van der Waals surface area contributed by atoms with Crippen molar-refractivity contribution < 1.29 is 0 Å². The molecule has 94 valence electrons. The van der Waals surface area contributed by atoms with E-state index in [0.29, 0.717) is 11.9 Å². The molecule has 4 heteroatoms. The van der Waals surface area contributed by atoms with E-state index >= 15 is 0 Å². The van der Waals surface area contributed by atoms with Gasteiger partial charge in [0.2, 0.25) is 0 Å². The molecule has 17 heavy (non-hydrogen) atoms. The number of likely N-dealkylation sites (N-methyl/N-ethyl adjacent to an activating group) is 1. The third-order valence-corrected chi connectivity index (χ3v) is 3.51. The first-order valence-corrected chi connectivity index (χ1v) is 6.36. The largest absolute Gasteiger partial charge is 0.384 e. The Hall–Kier alpha value is -1.13.